The highest BCUT2D eigenvalue weighted by Crippen LogP contribution is 2.35. The van der Waals surface area contributed by atoms with Gasteiger partial charge in [-0.05, 0) is 54.8 Å². The molecule has 0 spiro atoms. The molecule has 0 aromatic heterocycles. The minimum Gasteiger partial charge on any atom is -0.490 e. The molecule has 2 aromatic rings. The van der Waals surface area contributed by atoms with Crippen LogP contribution in [0.5, 0.6) is 11.5 Å². The first kappa shape index (κ1) is 24.0. The number of amides is 4. The van der Waals surface area contributed by atoms with Crippen molar-refractivity contribution < 1.29 is 33.8 Å². The van der Waals surface area contributed by atoms with Crippen molar-refractivity contribution >= 4 is 51.5 Å². The van der Waals surface area contributed by atoms with Crippen molar-refractivity contribution in [2.45, 2.75) is 20.3 Å². The number of aryl methyl sites for hydroxylation is 1. The van der Waals surface area contributed by atoms with Crippen molar-refractivity contribution in [3.05, 3.63) is 57.6 Å². The molecule has 0 radical (unpaired) electrons. The number of carbonyl (C=O) groups is 4. The number of aliphatic carboxylic acids is 1. The van der Waals surface area contributed by atoms with Crippen molar-refractivity contribution in [2.75, 3.05) is 18.1 Å². The van der Waals surface area contributed by atoms with Crippen molar-refractivity contribution in [1.82, 2.24) is 5.32 Å². The zero-order valence-corrected chi connectivity index (χ0v) is 19.5. The van der Waals surface area contributed by atoms with E-state index in [1.165, 1.54) is 18.2 Å². The molecule has 33 heavy (non-hydrogen) atoms. The predicted octanol–water partition coefficient (Wildman–Crippen LogP) is 3.54. The third-order valence-electron chi connectivity index (χ3n) is 4.72. The molecule has 0 atom stereocenters. The third-order valence-corrected chi connectivity index (χ3v) is 5.41. The molecule has 10 heteroatoms. The molecular weight excluding hydrogens is 496 g/mol. The predicted molar refractivity (Wildman–Crippen MR) is 123 cm³/mol. The number of rotatable bonds is 8. The number of imide groups is 2. The summed E-state index contributed by atoms with van der Waals surface area (Å²) >= 11 is 3.34. The van der Waals surface area contributed by atoms with E-state index in [0.717, 1.165) is 16.9 Å². The summed E-state index contributed by atoms with van der Waals surface area (Å²) < 4.78 is 11.2. The Balaban J connectivity index is 2.00. The number of halogens is 1. The van der Waals surface area contributed by atoms with Gasteiger partial charge in [-0.1, -0.05) is 35.0 Å². The van der Waals surface area contributed by atoms with Gasteiger partial charge in [-0.15, -0.1) is 0 Å². The van der Waals surface area contributed by atoms with Gasteiger partial charge in [-0.2, -0.15) is 0 Å². The number of anilines is 1. The number of barbiturate groups is 1. The summed E-state index contributed by atoms with van der Waals surface area (Å²) in [6, 6.07) is 9.04. The van der Waals surface area contributed by atoms with Gasteiger partial charge in [0.05, 0.1) is 12.3 Å². The molecule has 1 fully saturated rings. The number of ether oxygens (including phenoxy) is 2. The normalized spacial score (nSPS) is 14.9. The van der Waals surface area contributed by atoms with E-state index in [-0.39, 0.29) is 23.7 Å². The van der Waals surface area contributed by atoms with Crippen LogP contribution < -0.4 is 19.7 Å². The highest BCUT2D eigenvalue weighted by molar-refractivity contribution is 9.10. The van der Waals surface area contributed by atoms with Crippen molar-refractivity contribution in [3.63, 3.8) is 0 Å². The first-order valence-electron chi connectivity index (χ1n) is 10.1. The summed E-state index contributed by atoms with van der Waals surface area (Å²) in [7, 11) is 0. The van der Waals surface area contributed by atoms with Gasteiger partial charge in [0.1, 0.15) is 5.57 Å². The van der Waals surface area contributed by atoms with Gasteiger partial charge in [0.25, 0.3) is 11.8 Å². The molecule has 2 N–H and O–H groups in total. The molecule has 1 saturated heterocycles. The van der Waals surface area contributed by atoms with E-state index in [1.54, 1.807) is 31.2 Å². The second-order valence-corrected chi connectivity index (χ2v) is 7.77. The second-order valence-electron chi connectivity index (χ2n) is 6.91. The Bertz CT molecular complexity index is 1140. The van der Waals surface area contributed by atoms with Crippen LogP contribution in [-0.2, 0) is 20.8 Å². The van der Waals surface area contributed by atoms with Crippen LogP contribution in [0.4, 0.5) is 10.5 Å². The van der Waals surface area contributed by atoms with Crippen LogP contribution in [0.2, 0.25) is 0 Å². The Kier molecular flexibility index (Phi) is 7.49. The SMILES string of the molecule is CCOc1cc(C=C2C(=O)NC(=O)N(c3ccc(CC)cc3)C2=O)c(Br)cc1OCC(=O)O. The van der Waals surface area contributed by atoms with Gasteiger partial charge < -0.3 is 14.6 Å². The van der Waals surface area contributed by atoms with Gasteiger partial charge in [0.2, 0.25) is 0 Å². The van der Waals surface area contributed by atoms with E-state index >= 15 is 0 Å². The molecule has 3 rings (SSSR count). The lowest BCUT2D eigenvalue weighted by Gasteiger charge is -2.26. The minimum atomic E-state index is -1.15. The molecule has 4 amide bonds. The number of carbonyl (C=O) groups excluding carboxylic acids is 3. The highest BCUT2D eigenvalue weighted by Gasteiger charge is 2.37. The Labute approximate surface area is 198 Å². The standard InChI is InChI=1S/C23H21BrN2O7/c1-3-13-5-7-15(8-6-13)26-22(30)16(21(29)25-23(26)31)9-14-10-18(32-4-2)19(11-17(14)24)33-12-20(27)28/h5-11H,3-4,12H2,1-2H3,(H,27,28)(H,25,29,31). The van der Waals surface area contributed by atoms with Gasteiger partial charge in [-0.25, -0.2) is 14.5 Å². The van der Waals surface area contributed by atoms with E-state index in [0.29, 0.717) is 15.7 Å². The van der Waals surface area contributed by atoms with Crippen LogP contribution in [0.3, 0.4) is 0 Å². The summed E-state index contributed by atoms with van der Waals surface area (Å²) in [5.41, 5.74) is 1.51. The van der Waals surface area contributed by atoms with E-state index in [2.05, 4.69) is 21.2 Å². The Morgan fingerprint density at radius 3 is 2.36 bits per heavy atom. The van der Waals surface area contributed by atoms with Gasteiger partial charge >= 0.3 is 12.0 Å². The Hall–Kier alpha value is -3.66. The molecule has 172 valence electrons. The molecule has 1 heterocycles. The van der Waals surface area contributed by atoms with Crippen molar-refractivity contribution in [2.24, 2.45) is 0 Å². The Morgan fingerprint density at radius 2 is 1.76 bits per heavy atom. The van der Waals surface area contributed by atoms with Crippen LogP contribution in [0.1, 0.15) is 25.0 Å². The number of nitrogens with one attached hydrogen (secondary N) is 1. The average molecular weight is 517 g/mol. The molecule has 0 aliphatic carbocycles. The maximum atomic E-state index is 13.1. The smallest absolute Gasteiger partial charge is 0.341 e. The lowest BCUT2D eigenvalue weighted by atomic mass is 10.1. The van der Waals surface area contributed by atoms with Crippen molar-refractivity contribution in [3.8, 4) is 11.5 Å². The van der Waals surface area contributed by atoms with Crippen molar-refractivity contribution in [1.29, 1.82) is 0 Å². The molecule has 1 aliphatic heterocycles. The zero-order chi connectivity index (χ0) is 24.1. The molecule has 2 aromatic carbocycles. The number of carboxylic acids is 1. The molecule has 0 saturated carbocycles. The van der Waals surface area contributed by atoms with E-state index in [4.69, 9.17) is 14.6 Å². The maximum Gasteiger partial charge on any atom is 0.341 e. The van der Waals surface area contributed by atoms with Crippen LogP contribution in [0.25, 0.3) is 6.08 Å². The number of hydrogen-bond donors (Lipinski definition) is 2. The first-order chi connectivity index (χ1) is 15.7. The Morgan fingerprint density at radius 1 is 1.09 bits per heavy atom. The van der Waals surface area contributed by atoms with Gasteiger partial charge in [0.15, 0.2) is 18.1 Å². The molecule has 1 aliphatic rings. The number of hydrogen-bond acceptors (Lipinski definition) is 6. The molecule has 0 bridgehead atoms. The second kappa shape index (κ2) is 10.3. The topological polar surface area (TPSA) is 122 Å². The third kappa shape index (κ3) is 5.40. The highest BCUT2D eigenvalue weighted by atomic mass is 79.9. The fraction of sp³-hybridized carbons (Fsp3) is 0.217. The number of carboxylic acid groups (broad SMARTS) is 1. The lowest BCUT2D eigenvalue weighted by molar-refractivity contribution is -0.139. The van der Waals surface area contributed by atoms with E-state index in [1.807, 2.05) is 6.92 Å². The van der Waals surface area contributed by atoms with E-state index < -0.39 is 30.4 Å². The van der Waals surface area contributed by atoms with Gasteiger partial charge in [-0.3, -0.25) is 14.9 Å². The number of benzene rings is 2. The first-order valence-corrected chi connectivity index (χ1v) is 10.9. The quantitative estimate of drug-likeness (QED) is 0.406. The summed E-state index contributed by atoms with van der Waals surface area (Å²) in [5, 5.41) is 11.0. The number of nitrogens with zero attached hydrogens (tertiary/aromatic N) is 1. The van der Waals surface area contributed by atoms with E-state index in [9.17, 15) is 19.2 Å². The van der Waals surface area contributed by atoms with Gasteiger partial charge in [0, 0.05) is 4.47 Å². The summed E-state index contributed by atoms with van der Waals surface area (Å²) in [6.45, 7) is 3.43. The molecule has 9 nitrogen and oxygen atoms in total. The van der Waals surface area contributed by atoms with Crippen LogP contribution >= 0.6 is 15.9 Å². The molecular formula is C23H21BrN2O7. The van der Waals surface area contributed by atoms with Crippen LogP contribution in [0, 0.1) is 0 Å². The zero-order valence-electron chi connectivity index (χ0n) is 17.9. The minimum absolute atomic E-state index is 0.181. The summed E-state index contributed by atoms with van der Waals surface area (Å²) in [6.07, 6.45) is 2.12. The average Bonchev–Trinajstić information content (AvgIpc) is 2.77. The fourth-order valence-corrected chi connectivity index (χ4v) is 3.55. The fourth-order valence-electron chi connectivity index (χ4n) is 3.11. The summed E-state index contributed by atoms with van der Waals surface area (Å²) in [5.74, 6) is -2.34. The monoisotopic (exact) mass is 516 g/mol. The largest absolute Gasteiger partial charge is 0.490 e. The molecule has 0 unspecified atom stereocenters. The van der Waals surface area contributed by atoms with Crippen LogP contribution in [-0.4, -0.2) is 42.1 Å². The van der Waals surface area contributed by atoms with Crippen LogP contribution in [0.15, 0.2) is 46.4 Å². The maximum absolute atomic E-state index is 13.1. The lowest BCUT2D eigenvalue weighted by Crippen LogP contribution is -2.54. The number of urea groups is 1. The summed E-state index contributed by atoms with van der Waals surface area (Å²) in [4.78, 5) is 49.7.